The summed E-state index contributed by atoms with van der Waals surface area (Å²) in [6, 6.07) is 2.05. The van der Waals surface area contributed by atoms with Gasteiger partial charge in [0, 0.05) is 37.3 Å². The van der Waals surface area contributed by atoms with Crippen molar-refractivity contribution in [3.8, 4) is 0 Å². The molecular weight excluding hydrogens is 214 g/mol. The average Bonchev–Trinajstić information content (AvgIpc) is 2.72. The molecule has 0 bridgehead atoms. The molecule has 0 spiro atoms. The van der Waals surface area contributed by atoms with Crippen LogP contribution in [0.1, 0.15) is 37.8 Å². The Bertz CT molecular complexity index is 386. The average molecular weight is 235 g/mol. The third-order valence-electron chi connectivity index (χ3n) is 3.78. The molecule has 1 fully saturated rings. The monoisotopic (exact) mass is 235 g/mol. The van der Waals surface area contributed by atoms with E-state index in [4.69, 9.17) is 5.73 Å². The predicted molar refractivity (Wildman–Crippen MR) is 66.5 cm³/mol. The van der Waals surface area contributed by atoms with Crippen LogP contribution in [0.3, 0.4) is 0 Å². The molecule has 1 heterocycles. The van der Waals surface area contributed by atoms with Crippen molar-refractivity contribution in [2.75, 3.05) is 0 Å². The number of nitrogens with two attached hydrogens (primary N) is 1. The van der Waals surface area contributed by atoms with Crippen LogP contribution in [0.4, 0.5) is 0 Å². The predicted octanol–water partition coefficient (Wildman–Crippen LogP) is 1.44. The Morgan fingerprint density at radius 1 is 1.53 bits per heavy atom. The largest absolute Gasteiger partial charge is 0.327 e. The number of aromatic nitrogens is 2. The number of carbonyl (C=O) groups excluding carboxylic acids is 1. The first-order chi connectivity index (χ1) is 8.18. The summed E-state index contributed by atoms with van der Waals surface area (Å²) in [5, 5.41) is 4.10. The zero-order chi connectivity index (χ0) is 12.3. The summed E-state index contributed by atoms with van der Waals surface area (Å²) in [6.45, 7) is 0. The Morgan fingerprint density at radius 3 is 2.94 bits per heavy atom. The van der Waals surface area contributed by atoms with Crippen molar-refractivity contribution in [2.24, 2.45) is 18.7 Å². The summed E-state index contributed by atoms with van der Waals surface area (Å²) >= 11 is 0. The van der Waals surface area contributed by atoms with Crippen molar-refractivity contribution in [2.45, 2.75) is 44.6 Å². The highest BCUT2D eigenvalue weighted by Crippen LogP contribution is 2.25. The van der Waals surface area contributed by atoms with Crippen LogP contribution in [0.25, 0.3) is 0 Å². The SMILES string of the molecule is Cn1nccc1CCC(=O)C1CCCCC1N. The molecule has 2 atom stereocenters. The molecule has 2 unspecified atom stereocenters. The van der Waals surface area contributed by atoms with Gasteiger partial charge in [0.2, 0.25) is 0 Å². The molecule has 0 aromatic carbocycles. The topological polar surface area (TPSA) is 60.9 Å². The molecule has 1 aromatic heterocycles. The van der Waals surface area contributed by atoms with Gasteiger partial charge in [-0.1, -0.05) is 12.8 Å². The van der Waals surface area contributed by atoms with Gasteiger partial charge in [0.1, 0.15) is 5.78 Å². The molecule has 17 heavy (non-hydrogen) atoms. The van der Waals surface area contributed by atoms with Gasteiger partial charge in [-0.15, -0.1) is 0 Å². The molecule has 4 nitrogen and oxygen atoms in total. The summed E-state index contributed by atoms with van der Waals surface area (Å²) in [5.41, 5.74) is 7.13. The first-order valence-corrected chi connectivity index (χ1v) is 6.43. The lowest BCUT2D eigenvalue weighted by atomic mass is 9.81. The van der Waals surface area contributed by atoms with Crippen molar-refractivity contribution in [1.82, 2.24) is 9.78 Å². The Hall–Kier alpha value is -1.16. The Labute approximate surface area is 102 Å². The Kier molecular flexibility index (Phi) is 3.94. The van der Waals surface area contributed by atoms with Crippen LogP contribution in [0.2, 0.25) is 0 Å². The number of carbonyl (C=O) groups is 1. The molecule has 2 N–H and O–H groups in total. The fourth-order valence-electron chi connectivity index (χ4n) is 2.64. The van der Waals surface area contributed by atoms with Gasteiger partial charge in [-0.2, -0.15) is 5.10 Å². The van der Waals surface area contributed by atoms with Crippen molar-refractivity contribution in [1.29, 1.82) is 0 Å². The van der Waals surface area contributed by atoms with E-state index >= 15 is 0 Å². The van der Waals surface area contributed by atoms with Crippen LogP contribution in [0.5, 0.6) is 0 Å². The summed E-state index contributed by atoms with van der Waals surface area (Å²) in [4.78, 5) is 12.1. The van der Waals surface area contributed by atoms with Crippen LogP contribution in [-0.4, -0.2) is 21.6 Å². The summed E-state index contributed by atoms with van der Waals surface area (Å²) < 4.78 is 1.83. The first-order valence-electron chi connectivity index (χ1n) is 6.43. The molecule has 1 saturated carbocycles. The first kappa shape index (κ1) is 12.3. The zero-order valence-electron chi connectivity index (χ0n) is 10.4. The van der Waals surface area contributed by atoms with Crippen molar-refractivity contribution in [3.05, 3.63) is 18.0 Å². The van der Waals surface area contributed by atoms with Crippen molar-refractivity contribution >= 4 is 5.78 Å². The summed E-state index contributed by atoms with van der Waals surface area (Å²) in [6.07, 6.45) is 7.44. The maximum absolute atomic E-state index is 12.1. The molecule has 94 valence electrons. The van der Waals surface area contributed by atoms with E-state index in [-0.39, 0.29) is 12.0 Å². The molecule has 0 amide bonds. The number of Topliss-reactive ketones (excluding diaryl/α,β-unsaturated/α-hetero) is 1. The van der Waals surface area contributed by atoms with Crippen LogP contribution >= 0.6 is 0 Å². The molecule has 1 aliphatic rings. The van der Waals surface area contributed by atoms with Gasteiger partial charge >= 0.3 is 0 Å². The normalized spacial score (nSPS) is 24.8. The highest BCUT2D eigenvalue weighted by molar-refractivity contribution is 5.82. The van der Waals surface area contributed by atoms with Gasteiger partial charge < -0.3 is 5.73 Å². The fourth-order valence-corrected chi connectivity index (χ4v) is 2.64. The van der Waals surface area contributed by atoms with E-state index in [0.29, 0.717) is 12.2 Å². The standard InChI is InChI=1S/C13H21N3O/c1-16-10(8-9-15-16)6-7-13(17)11-4-2-3-5-12(11)14/h8-9,11-12H,2-7,14H2,1H3. The van der Waals surface area contributed by atoms with Gasteiger partial charge in [0.15, 0.2) is 0 Å². The molecule has 4 heteroatoms. The number of rotatable bonds is 4. The quantitative estimate of drug-likeness (QED) is 0.859. The van der Waals surface area contributed by atoms with E-state index in [9.17, 15) is 4.79 Å². The molecule has 2 rings (SSSR count). The molecule has 0 saturated heterocycles. The molecule has 1 aromatic rings. The Morgan fingerprint density at radius 2 is 2.29 bits per heavy atom. The summed E-state index contributed by atoms with van der Waals surface area (Å²) in [7, 11) is 1.91. The minimum Gasteiger partial charge on any atom is -0.327 e. The number of hydrogen-bond donors (Lipinski definition) is 1. The van der Waals surface area contributed by atoms with E-state index in [1.165, 1.54) is 6.42 Å². The smallest absolute Gasteiger partial charge is 0.137 e. The second-order valence-corrected chi connectivity index (χ2v) is 4.97. The zero-order valence-corrected chi connectivity index (χ0v) is 10.4. The number of ketones is 1. The lowest BCUT2D eigenvalue weighted by Crippen LogP contribution is -2.38. The Balaban J connectivity index is 1.86. The fraction of sp³-hybridized carbons (Fsp3) is 0.692. The van der Waals surface area contributed by atoms with Gasteiger partial charge in [0.05, 0.1) is 0 Å². The third-order valence-corrected chi connectivity index (χ3v) is 3.78. The molecule has 0 aliphatic heterocycles. The minimum atomic E-state index is 0.0859. The van der Waals surface area contributed by atoms with E-state index in [0.717, 1.165) is 31.4 Å². The number of hydrogen-bond acceptors (Lipinski definition) is 3. The maximum Gasteiger partial charge on any atom is 0.137 e. The highest BCUT2D eigenvalue weighted by atomic mass is 16.1. The molecule has 1 aliphatic carbocycles. The second kappa shape index (κ2) is 5.45. The molecular formula is C13H21N3O. The van der Waals surface area contributed by atoms with Crippen LogP contribution in [0, 0.1) is 5.92 Å². The van der Waals surface area contributed by atoms with Gasteiger partial charge in [-0.05, 0) is 25.3 Å². The van der Waals surface area contributed by atoms with Crippen molar-refractivity contribution in [3.63, 3.8) is 0 Å². The van der Waals surface area contributed by atoms with Crippen LogP contribution in [-0.2, 0) is 18.3 Å². The maximum atomic E-state index is 12.1. The van der Waals surface area contributed by atoms with Crippen LogP contribution in [0.15, 0.2) is 12.3 Å². The van der Waals surface area contributed by atoms with Crippen molar-refractivity contribution < 1.29 is 4.79 Å². The van der Waals surface area contributed by atoms with Gasteiger partial charge in [-0.25, -0.2) is 0 Å². The number of nitrogens with zero attached hydrogens (tertiary/aromatic N) is 2. The highest BCUT2D eigenvalue weighted by Gasteiger charge is 2.27. The van der Waals surface area contributed by atoms with E-state index in [1.54, 1.807) is 6.20 Å². The lowest BCUT2D eigenvalue weighted by molar-refractivity contribution is -0.124. The third kappa shape index (κ3) is 2.94. The van der Waals surface area contributed by atoms with E-state index in [1.807, 2.05) is 17.8 Å². The van der Waals surface area contributed by atoms with Gasteiger partial charge in [0.25, 0.3) is 0 Å². The van der Waals surface area contributed by atoms with E-state index in [2.05, 4.69) is 5.10 Å². The lowest BCUT2D eigenvalue weighted by Gasteiger charge is -2.27. The van der Waals surface area contributed by atoms with Crippen LogP contribution < -0.4 is 5.73 Å². The second-order valence-electron chi connectivity index (χ2n) is 4.97. The summed E-state index contributed by atoms with van der Waals surface area (Å²) in [5.74, 6) is 0.426. The van der Waals surface area contributed by atoms with E-state index < -0.39 is 0 Å². The minimum absolute atomic E-state index is 0.0859. The molecule has 0 radical (unpaired) electrons. The van der Waals surface area contributed by atoms with Gasteiger partial charge in [-0.3, -0.25) is 9.48 Å². The number of aryl methyl sites for hydroxylation is 2.